The van der Waals surface area contributed by atoms with Gasteiger partial charge in [0.2, 0.25) is 15.9 Å². The maximum Gasteiger partial charge on any atom is 0.407 e. The number of sulfonamides is 1. The fourth-order valence-electron chi connectivity index (χ4n) is 2.88. The fraction of sp³-hybridized carbons (Fsp3) is 0.391. The van der Waals surface area contributed by atoms with E-state index < -0.39 is 16.1 Å². The Kier molecular flexibility index (Phi) is 10.2. The number of nitrogens with one attached hydrogen (secondary N) is 3. The Hall–Kier alpha value is -2.91. The van der Waals surface area contributed by atoms with Crippen molar-refractivity contribution in [2.75, 3.05) is 6.54 Å². The van der Waals surface area contributed by atoms with E-state index in [1.807, 2.05) is 30.3 Å². The van der Waals surface area contributed by atoms with Gasteiger partial charge in [0.15, 0.2) is 0 Å². The van der Waals surface area contributed by atoms with E-state index in [1.165, 1.54) is 0 Å². The lowest BCUT2D eigenvalue weighted by atomic mass is 10.1. The fourth-order valence-corrected chi connectivity index (χ4v) is 4.31. The topological polar surface area (TPSA) is 114 Å². The Balaban J connectivity index is 1.61. The van der Waals surface area contributed by atoms with E-state index in [1.54, 1.807) is 38.1 Å². The summed E-state index contributed by atoms with van der Waals surface area (Å²) in [4.78, 5) is 23.6. The molecule has 0 aromatic heterocycles. The minimum Gasteiger partial charge on any atom is -0.445 e. The van der Waals surface area contributed by atoms with Crippen molar-refractivity contribution in [1.29, 1.82) is 0 Å². The van der Waals surface area contributed by atoms with E-state index in [0.717, 1.165) is 11.1 Å². The largest absolute Gasteiger partial charge is 0.445 e. The van der Waals surface area contributed by atoms with E-state index in [2.05, 4.69) is 15.4 Å². The summed E-state index contributed by atoms with van der Waals surface area (Å²) in [6.45, 7) is 4.44. The molecule has 3 N–H and O–H groups in total. The molecule has 0 saturated carbocycles. The minimum absolute atomic E-state index is 0.0847. The highest BCUT2D eigenvalue weighted by molar-refractivity contribution is 7.88. The molecule has 0 fully saturated rings. The Labute approximate surface area is 189 Å². The van der Waals surface area contributed by atoms with Crippen molar-refractivity contribution < 1.29 is 22.7 Å². The lowest BCUT2D eigenvalue weighted by Crippen LogP contribution is -2.31. The third kappa shape index (κ3) is 10.4. The summed E-state index contributed by atoms with van der Waals surface area (Å²) in [5.74, 6) is -0.212. The SMILES string of the molecule is CC(C)NS(=O)(=O)Cc1ccc(CNC(=O)CCCNC(=O)OCc2ccccc2)cc1. The molecule has 0 unspecified atom stereocenters. The van der Waals surface area contributed by atoms with Gasteiger partial charge in [-0.1, -0.05) is 54.6 Å². The minimum atomic E-state index is -3.37. The van der Waals surface area contributed by atoms with Gasteiger partial charge in [-0.05, 0) is 37.0 Å². The molecule has 0 radical (unpaired) electrons. The number of carbonyl (C=O) groups excluding carboxylic acids is 2. The zero-order valence-corrected chi connectivity index (χ0v) is 19.3. The van der Waals surface area contributed by atoms with Crippen LogP contribution in [0.25, 0.3) is 0 Å². The zero-order valence-electron chi connectivity index (χ0n) is 18.5. The molecule has 2 aromatic carbocycles. The van der Waals surface area contributed by atoms with Gasteiger partial charge in [0.25, 0.3) is 0 Å². The maximum atomic E-state index is 12.0. The number of carbonyl (C=O) groups is 2. The summed E-state index contributed by atoms with van der Waals surface area (Å²) < 4.78 is 31.6. The van der Waals surface area contributed by atoms with Crippen LogP contribution in [0.4, 0.5) is 4.79 Å². The predicted octanol–water partition coefficient (Wildman–Crippen LogP) is 2.84. The molecule has 0 aliphatic rings. The van der Waals surface area contributed by atoms with Crippen molar-refractivity contribution >= 4 is 22.0 Å². The molecule has 0 heterocycles. The Morgan fingerprint density at radius 1 is 0.906 bits per heavy atom. The molecule has 8 nitrogen and oxygen atoms in total. The molecule has 0 atom stereocenters. The van der Waals surface area contributed by atoms with Gasteiger partial charge in [0.05, 0.1) is 5.75 Å². The summed E-state index contributed by atoms with van der Waals surface area (Å²) in [7, 11) is -3.37. The first-order valence-corrected chi connectivity index (χ1v) is 12.2. The van der Waals surface area contributed by atoms with Crippen LogP contribution < -0.4 is 15.4 Å². The van der Waals surface area contributed by atoms with Gasteiger partial charge in [0, 0.05) is 25.6 Å². The molecular formula is C23H31N3O5S. The maximum absolute atomic E-state index is 12.0. The van der Waals surface area contributed by atoms with Crippen LogP contribution in [-0.4, -0.2) is 33.0 Å². The van der Waals surface area contributed by atoms with Crippen molar-refractivity contribution in [2.24, 2.45) is 0 Å². The van der Waals surface area contributed by atoms with Crippen molar-refractivity contribution in [1.82, 2.24) is 15.4 Å². The quantitative estimate of drug-likeness (QED) is 0.421. The highest BCUT2D eigenvalue weighted by Gasteiger charge is 2.13. The van der Waals surface area contributed by atoms with Crippen LogP contribution in [0, 0.1) is 0 Å². The standard InChI is InChI=1S/C23H31N3O5S/c1-18(2)26-32(29,30)17-21-12-10-19(11-13-21)15-25-22(27)9-6-14-24-23(28)31-16-20-7-4-3-5-8-20/h3-5,7-8,10-13,18,26H,6,9,14-17H2,1-2H3,(H,24,28)(H,25,27). The summed E-state index contributed by atoms with van der Waals surface area (Å²) in [6, 6.07) is 16.3. The van der Waals surface area contributed by atoms with Crippen LogP contribution in [0.1, 0.15) is 43.4 Å². The number of hydrogen-bond donors (Lipinski definition) is 3. The second-order valence-electron chi connectivity index (χ2n) is 7.72. The van der Waals surface area contributed by atoms with Crippen molar-refractivity contribution in [3.05, 3.63) is 71.3 Å². The lowest BCUT2D eigenvalue weighted by molar-refractivity contribution is -0.121. The Bertz CT molecular complexity index is 961. The first kappa shape index (κ1) is 25.4. The number of amides is 2. The van der Waals surface area contributed by atoms with Crippen LogP contribution in [-0.2, 0) is 38.5 Å². The third-order valence-corrected chi connectivity index (χ3v) is 5.89. The second kappa shape index (κ2) is 12.8. The molecule has 0 saturated heterocycles. The van der Waals surface area contributed by atoms with E-state index in [9.17, 15) is 18.0 Å². The normalized spacial score (nSPS) is 11.2. The number of alkyl carbamates (subject to hydrolysis) is 1. The number of ether oxygens (including phenoxy) is 1. The zero-order chi connectivity index (χ0) is 23.4. The van der Waals surface area contributed by atoms with Crippen LogP contribution in [0.2, 0.25) is 0 Å². The molecule has 0 aliphatic heterocycles. The van der Waals surface area contributed by atoms with Gasteiger partial charge in [-0.2, -0.15) is 0 Å². The Morgan fingerprint density at radius 2 is 1.56 bits per heavy atom. The number of hydrogen-bond acceptors (Lipinski definition) is 5. The van der Waals surface area contributed by atoms with E-state index in [4.69, 9.17) is 4.74 Å². The molecule has 9 heteroatoms. The molecule has 2 amide bonds. The molecule has 32 heavy (non-hydrogen) atoms. The summed E-state index contributed by atoms with van der Waals surface area (Å²) in [6.07, 6.45) is 0.252. The monoisotopic (exact) mass is 461 g/mol. The molecular weight excluding hydrogens is 430 g/mol. The van der Waals surface area contributed by atoms with Crippen LogP contribution in [0.5, 0.6) is 0 Å². The van der Waals surface area contributed by atoms with Crippen molar-refractivity contribution in [3.8, 4) is 0 Å². The highest BCUT2D eigenvalue weighted by Crippen LogP contribution is 2.08. The Morgan fingerprint density at radius 3 is 2.22 bits per heavy atom. The van der Waals surface area contributed by atoms with Gasteiger partial charge in [-0.15, -0.1) is 0 Å². The first-order chi connectivity index (χ1) is 15.2. The number of rotatable bonds is 12. The van der Waals surface area contributed by atoms with Gasteiger partial charge in [-0.3, -0.25) is 4.79 Å². The number of benzene rings is 2. The molecule has 0 spiro atoms. The lowest BCUT2D eigenvalue weighted by Gasteiger charge is -2.10. The van der Waals surface area contributed by atoms with E-state index in [0.29, 0.717) is 25.1 Å². The van der Waals surface area contributed by atoms with E-state index >= 15 is 0 Å². The van der Waals surface area contributed by atoms with E-state index in [-0.39, 0.29) is 30.7 Å². The van der Waals surface area contributed by atoms with Gasteiger partial charge >= 0.3 is 6.09 Å². The van der Waals surface area contributed by atoms with Gasteiger partial charge in [0.1, 0.15) is 6.61 Å². The molecule has 0 aliphatic carbocycles. The average molecular weight is 462 g/mol. The highest BCUT2D eigenvalue weighted by atomic mass is 32.2. The van der Waals surface area contributed by atoms with Crippen LogP contribution in [0.15, 0.2) is 54.6 Å². The molecule has 2 aromatic rings. The van der Waals surface area contributed by atoms with Crippen LogP contribution in [0.3, 0.4) is 0 Å². The third-order valence-electron chi connectivity index (χ3n) is 4.35. The van der Waals surface area contributed by atoms with Crippen LogP contribution >= 0.6 is 0 Å². The molecule has 0 bridgehead atoms. The summed E-state index contributed by atoms with van der Waals surface area (Å²) >= 11 is 0. The predicted molar refractivity (Wildman–Crippen MR) is 123 cm³/mol. The van der Waals surface area contributed by atoms with Crippen molar-refractivity contribution in [3.63, 3.8) is 0 Å². The second-order valence-corrected chi connectivity index (χ2v) is 9.47. The molecule has 174 valence electrons. The van der Waals surface area contributed by atoms with Gasteiger partial charge in [-0.25, -0.2) is 17.9 Å². The summed E-state index contributed by atoms with van der Waals surface area (Å²) in [5.41, 5.74) is 2.46. The molecule has 2 rings (SSSR count). The van der Waals surface area contributed by atoms with Gasteiger partial charge < -0.3 is 15.4 Å². The summed E-state index contributed by atoms with van der Waals surface area (Å²) in [5, 5.41) is 5.44. The first-order valence-electron chi connectivity index (χ1n) is 10.5. The smallest absolute Gasteiger partial charge is 0.407 e. The van der Waals surface area contributed by atoms with Crippen molar-refractivity contribution in [2.45, 2.75) is 51.6 Å². The average Bonchev–Trinajstić information content (AvgIpc) is 2.74.